The molecule has 0 radical (unpaired) electrons. The lowest BCUT2D eigenvalue weighted by molar-refractivity contribution is -0.385. The number of hydrogen-bond donors (Lipinski definition) is 1. The van der Waals surface area contributed by atoms with E-state index in [1.165, 1.54) is 42.5 Å². The summed E-state index contributed by atoms with van der Waals surface area (Å²) < 4.78 is 27.8. The van der Waals surface area contributed by atoms with Gasteiger partial charge in [0.15, 0.2) is 0 Å². The van der Waals surface area contributed by atoms with Crippen molar-refractivity contribution in [3.05, 3.63) is 98.6 Å². The molecule has 0 aliphatic rings. The van der Waals surface area contributed by atoms with E-state index in [0.29, 0.717) is 10.6 Å². The fourth-order valence-corrected chi connectivity index (χ4v) is 4.85. The molecule has 0 saturated heterocycles. The van der Waals surface area contributed by atoms with Crippen LogP contribution in [0, 0.1) is 24.0 Å². The lowest BCUT2D eigenvalue weighted by Crippen LogP contribution is -2.40. The van der Waals surface area contributed by atoms with Crippen molar-refractivity contribution in [2.45, 2.75) is 18.7 Å². The number of carbonyl (C=O) groups is 1. The maximum atomic E-state index is 13.4. The summed E-state index contributed by atoms with van der Waals surface area (Å²) in [5.74, 6) is -0.736. The Morgan fingerprint density at radius 3 is 2.44 bits per heavy atom. The third-order valence-corrected chi connectivity index (χ3v) is 6.86. The molecule has 3 aromatic carbocycles. The minimum absolute atomic E-state index is 0.0173. The molecule has 176 valence electrons. The van der Waals surface area contributed by atoms with Crippen LogP contribution in [-0.2, 0) is 14.8 Å². The van der Waals surface area contributed by atoms with E-state index in [4.69, 9.17) is 11.6 Å². The van der Waals surface area contributed by atoms with Crippen molar-refractivity contribution in [1.82, 2.24) is 5.43 Å². The van der Waals surface area contributed by atoms with Gasteiger partial charge < -0.3 is 0 Å². The molecule has 0 aliphatic carbocycles. The predicted octanol–water partition coefficient (Wildman–Crippen LogP) is 4.21. The van der Waals surface area contributed by atoms with Gasteiger partial charge in [0.25, 0.3) is 21.6 Å². The molecule has 0 spiro atoms. The Labute approximate surface area is 201 Å². The van der Waals surface area contributed by atoms with Crippen molar-refractivity contribution >= 4 is 45.1 Å². The van der Waals surface area contributed by atoms with E-state index in [9.17, 15) is 23.3 Å². The van der Waals surface area contributed by atoms with Crippen LogP contribution >= 0.6 is 11.6 Å². The molecule has 9 nitrogen and oxygen atoms in total. The van der Waals surface area contributed by atoms with Crippen LogP contribution in [0.4, 0.5) is 11.4 Å². The number of hydrogen-bond acceptors (Lipinski definition) is 6. The highest BCUT2D eigenvalue weighted by molar-refractivity contribution is 7.92. The Morgan fingerprint density at radius 2 is 1.79 bits per heavy atom. The van der Waals surface area contributed by atoms with Crippen LogP contribution in [-0.4, -0.2) is 32.0 Å². The van der Waals surface area contributed by atoms with Crippen LogP contribution in [0.1, 0.15) is 16.7 Å². The first-order chi connectivity index (χ1) is 16.1. The summed E-state index contributed by atoms with van der Waals surface area (Å²) in [4.78, 5) is 23.2. The van der Waals surface area contributed by atoms with Crippen molar-refractivity contribution in [1.29, 1.82) is 0 Å². The van der Waals surface area contributed by atoms with Crippen molar-refractivity contribution in [2.75, 3.05) is 10.8 Å². The second-order valence-corrected chi connectivity index (χ2v) is 9.66. The molecular formula is C23H21ClN4O5S. The van der Waals surface area contributed by atoms with E-state index in [2.05, 4.69) is 10.5 Å². The summed E-state index contributed by atoms with van der Waals surface area (Å²) in [6.45, 7) is 2.94. The van der Waals surface area contributed by atoms with Gasteiger partial charge in [-0.05, 0) is 55.8 Å². The molecule has 0 aliphatic heterocycles. The molecule has 1 amide bonds. The number of hydrazone groups is 1. The molecule has 3 aromatic rings. The Balaban J connectivity index is 1.89. The van der Waals surface area contributed by atoms with Crippen LogP contribution in [0.25, 0.3) is 0 Å². The average Bonchev–Trinajstić information content (AvgIpc) is 2.78. The number of anilines is 1. The zero-order valence-electron chi connectivity index (χ0n) is 18.3. The molecule has 0 bridgehead atoms. The number of halogens is 1. The number of nitrogens with one attached hydrogen (secondary N) is 1. The highest BCUT2D eigenvalue weighted by Crippen LogP contribution is 2.29. The number of carbonyl (C=O) groups excluding carboxylic acids is 1. The molecule has 0 unspecified atom stereocenters. The Bertz CT molecular complexity index is 1360. The topological polar surface area (TPSA) is 122 Å². The van der Waals surface area contributed by atoms with Gasteiger partial charge in [-0.1, -0.05) is 41.4 Å². The van der Waals surface area contributed by atoms with Gasteiger partial charge in [-0.2, -0.15) is 5.10 Å². The second kappa shape index (κ2) is 10.4. The van der Waals surface area contributed by atoms with Gasteiger partial charge in [0.05, 0.1) is 27.3 Å². The summed E-state index contributed by atoms with van der Waals surface area (Å²) >= 11 is 6.02. The first-order valence-corrected chi connectivity index (χ1v) is 11.8. The fraction of sp³-hybridized carbons (Fsp3) is 0.130. The lowest BCUT2D eigenvalue weighted by atomic mass is 10.2. The number of sulfonamides is 1. The van der Waals surface area contributed by atoms with Crippen molar-refractivity contribution in [2.24, 2.45) is 5.10 Å². The van der Waals surface area contributed by atoms with Crippen LogP contribution in [0.3, 0.4) is 0 Å². The molecule has 0 saturated carbocycles. The summed E-state index contributed by atoms with van der Waals surface area (Å²) in [5, 5.41) is 15.3. The van der Waals surface area contributed by atoms with Gasteiger partial charge in [-0.15, -0.1) is 0 Å². The van der Waals surface area contributed by atoms with Gasteiger partial charge in [0.2, 0.25) is 0 Å². The molecule has 1 N–H and O–H groups in total. The number of benzene rings is 3. The minimum atomic E-state index is -4.11. The molecule has 0 heterocycles. The quantitative estimate of drug-likeness (QED) is 0.282. The smallest absolute Gasteiger partial charge is 0.271 e. The maximum Gasteiger partial charge on any atom is 0.278 e. The number of nitrogens with zero attached hydrogens (tertiary/aromatic N) is 3. The largest absolute Gasteiger partial charge is 0.278 e. The molecule has 0 fully saturated rings. The van der Waals surface area contributed by atoms with Crippen molar-refractivity contribution in [3.8, 4) is 0 Å². The van der Waals surface area contributed by atoms with Crippen molar-refractivity contribution in [3.63, 3.8) is 0 Å². The number of para-hydroxylation sites is 1. The second-order valence-electron chi connectivity index (χ2n) is 7.36. The van der Waals surface area contributed by atoms with E-state index in [-0.39, 0.29) is 21.8 Å². The third-order valence-electron chi connectivity index (χ3n) is 4.85. The van der Waals surface area contributed by atoms with E-state index in [1.807, 2.05) is 6.92 Å². The van der Waals surface area contributed by atoms with E-state index in [0.717, 1.165) is 16.1 Å². The predicted molar refractivity (Wildman–Crippen MR) is 131 cm³/mol. The summed E-state index contributed by atoms with van der Waals surface area (Å²) in [5.41, 5.74) is 3.96. The Hall–Kier alpha value is -3.76. The molecule has 3 rings (SSSR count). The number of nitro groups is 1. The third kappa shape index (κ3) is 5.77. The monoisotopic (exact) mass is 500 g/mol. The molecule has 11 heteroatoms. The highest BCUT2D eigenvalue weighted by atomic mass is 35.5. The van der Waals surface area contributed by atoms with Crippen LogP contribution in [0.2, 0.25) is 5.02 Å². The lowest BCUT2D eigenvalue weighted by Gasteiger charge is -2.25. The van der Waals surface area contributed by atoms with Crippen LogP contribution < -0.4 is 9.73 Å². The Kier molecular flexibility index (Phi) is 7.64. The highest BCUT2D eigenvalue weighted by Gasteiger charge is 2.28. The first kappa shape index (κ1) is 24.9. The Morgan fingerprint density at radius 1 is 1.12 bits per heavy atom. The number of amides is 1. The molecular weight excluding hydrogens is 480 g/mol. The summed E-state index contributed by atoms with van der Waals surface area (Å²) in [6.07, 6.45) is 1.13. The van der Waals surface area contributed by atoms with E-state index in [1.54, 1.807) is 31.2 Å². The van der Waals surface area contributed by atoms with E-state index >= 15 is 0 Å². The molecule has 34 heavy (non-hydrogen) atoms. The zero-order valence-corrected chi connectivity index (χ0v) is 19.9. The average molecular weight is 501 g/mol. The summed E-state index contributed by atoms with van der Waals surface area (Å²) in [6, 6.07) is 16.8. The molecule has 0 atom stereocenters. The van der Waals surface area contributed by atoms with Gasteiger partial charge in [-0.25, -0.2) is 13.8 Å². The minimum Gasteiger partial charge on any atom is -0.271 e. The zero-order chi connectivity index (χ0) is 24.9. The van der Waals surface area contributed by atoms with Crippen LogP contribution in [0.5, 0.6) is 0 Å². The number of nitro benzene ring substituents is 1. The summed E-state index contributed by atoms with van der Waals surface area (Å²) in [7, 11) is -4.11. The number of rotatable bonds is 8. The van der Waals surface area contributed by atoms with Crippen molar-refractivity contribution < 1.29 is 18.1 Å². The standard InChI is InChI=1S/C23H21ClN4O5S/c1-16-7-10-20(11-8-16)34(32,33)27(21-12-9-19(24)13-17(21)2)15-23(29)26-25-14-18-5-3-4-6-22(18)28(30)31/h3-14H,15H2,1-2H3,(H,26,29)/b25-14-. The normalized spacial score (nSPS) is 11.4. The fourth-order valence-electron chi connectivity index (χ4n) is 3.14. The number of aryl methyl sites for hydroxylation is 2. The van der Waals surface area contributed by atoms with Gasteiger partial charge in [-0.3, -0.25) is 19.2 Å². The molecule has 0 aromatic heterocycles. The van der Waals surface area contributed by atoms with Gasteiger partial charge in [0.1, 0.15) is 6.54 Å². The first-order valence-electron chi connectivity index (χ1n) is 10.0. The SMILES string of the molecule is Cc1ccc(S(=O)(=O)N(CC(=O)N/N=C\c2ccccc2[N+](=O)[O-])c2ccc(Cl)cc2C)cc1. The van der Waals surface area contributed by atoms with Gasteiger partial charge in [0, 0.05) is 11.1 Å². The van der Waals surface area contributed by atoms with E-state index < -0.39 is 27.4 Å². The van der Waals surface area contributed by atoms with Gasteiger partial charge >= 0.3 is 0 Å². The maximum absolute atomic E-state index is 13.4. The van der Waals surface area contributed by atoms with Crippen LogP contribution in [0.15, 0.2) is 76.7 Å².